The number of hydrogen-bond donors (Lipinski definition) is 0. The maximum Gasteiger partial charge on any atom is 0.333 e. The molecule has 0 aromatic rings. The van der Waals surface area contributed by atoms with E-state index in [9.17, 15) is 4.79 Å². The van der Waals surface area contributed by atoms with Gasteiger partial charge in [-0.1, -0.05) is 20.4 Å². The number of rotatable bonds is 3. The van der Waals surface area contributed by atoms with Gasteiger partial charge in [-0.3, -0.25) is 0 Å². The van der Waals surface area contributed by atoms with Crippen molar-refractivity contribution >= 4 is 35.5 Å². The maximum atomic E-state index is 10.7. The van der Waals surface area contributed by atoms with Crippen molar-refractivity contribution in [2.45, 2.75) is 20.8 Å². The van der Waals surface area contributed by atoms with E-state index in [0.29, 0.717) is 18.1 Å². The van der Waals surface area contributed by atoms with Gasteiger partial charge in [0.15, 0.2) is 0 Å². The molecule has 0 aliphatic carbocycles. The van der Waals surface area contributed by atoms with Crippen molar-refractivity contribution in [2.75, 3.05) is 6.61 Å². The first-order valence-corrected chi connectivity index (χ1v) is 3.36. The monoisotopic (exact) mass is 165 g/mol. The van der Waals surface area contributed by atoms with Crippen molar-refractivity contribution in [1.29, 1.82) is 0 Å². The Balaban J connectivity index is 0. The zero-order chi connectivity index (χ0) is 8.15. The van der Waals surface area contributed by atoms with Crippen molar-refractivity contribution in [2.24, 2.45) is 5.92 Å². The summed E-state index contributed by atoms with van der Waals surface area (Å²) in [4.78, 5) is 10.7. The molecule has 0 aliphatic heterocycles. The molecule has 0 N–H and O–H groups in total. The van der Waals surface area contributed by atoms with Crippen molar-refractivity contribution in [3.8, 4) is 0 Å². The van der Waals surface area contributed by atoms with E-state index in [-0.39, 0.29) is 35.5 Å². The summed E-state index contributed by atoms with van der Waals surface area (Å²) in [6, 6.07) is 0. The predicted octanol–water partition coefficient (Wildman–Crippen LogP) is 1.38. The van der Waals surface area contributed by atoms with Crippen molar-refractivity contribution in [3.63, 3.8) is 0 Å². The molecule has 0 aliphatic rings. The van der Waals surface area contributed by atoms with Crippen LogP contribution in [0.15, 0.2) is 12.2 Å². The number of carbonyl (C=O) groups is 1. The fourth-order valence-corrected chi connectivity index (χ4v) is 0.366. The average Bonchev–Trinajstić information content (AvgIpc) is 1.82. The van der Waals surface area contributed by atoms with E-state index in [1.54, 1.807) is 6.92 Å². The van der Waals surface area contributed by atoms with Gasteiger partial charge in [0, 0.05) is 35.1 Å². The molecular formula is C8H14NaO2. The van der Waals surface area contributed by atoms with Gasteiger partial charge in [-0.2, -0.15) is 0 Å². The van der Waals surface area contributed by atoms with Crippen molar-refractivity contribution in [3.05, 3.63) is 12.2 Å². The van der Waals surface area contributed by atoms with Gasteiger partial charge in [0.05, 0.1) is 6.61 Å². The third-order valence-corrected chi connectivity index (χ3v) is 0.896. The molecule has 2 nitrogen and oxygen atoms in total. The van der Waals surface area contributed by atoms with E-state index in [0.717, 1.165) is 0 Å². The van der Waals surface area contributed by atoms with Crippen LogP contribution in [0.3, 0.4) is 0 Å². The van der Waals surface area contributed by atoms with Crippen LogP contribution in [0.2, 0.25) is 0 Å². The number of hydrogen-bond acceptors (Lipinski definition) is 2. The second-order valence-corrected chi connectivity index (χ2v) is 2.77. The fraction of sp³-hybridized carbons (Fsp3) is 0.625. The second kappa shape index (κ2) is 6.89. The van der Waals surface area contributed by atoms with Crippen LogP contribution >= 0.6 is 0 Å². The molecule has 11 heavy (non-hydrogen) atoms. The minimum atomic E-state index is -0.297. The molecule has 0 bridgehead atoms. The molecule has 3 heteroatoms. The first kappa shape index (κ1) is 13.8. The van der Waals surface area contributed by atoms with Gasteiger partial charge in [-0.05, 0) is 12.8 Å². The molecular weight excluding hydrogens is 151 g/mol. The Morgan fingerprint density at radius 2 is 2.00 bits per heavy atom. The summed E-state index contributed by atoms with van der Waals surface area (Å²) in [6.07, 6.45) is 0. The van der Waals surface area contributed by atoms with Gasteiger partial charge in [-0.15, -0.1) is 0 Å². The zero-order valence-corrected chi connectivity index (χ0v) is 9.81. The van der Waals surface area contributed by atoms with Gasteiger partial charge >= 0.3 is 5.97 Å². The zero-order valence-electron chi connectivity index (χ0n) is 7.81. The van der Waals surface area contributed by atoms with Gasteiger partial charge in [0.2, 0.25) is 0 Å². The first-order chi connectivity index (χ1) is 4.54. The van der Waals surface area contributed by atoms with Crippen LogP contribution in [0.25, 0.3) is 0 Å². The largest absolute Gasteiger partial charge is 0.462 e. The summed E-state index contributed by atoms with van der Waals surface area (Å²) >= 11 is 0. The molecule has 0 fully saturated rings. The Bertz CT molecular complexity index is 141. The summed E-state index contributed by atoms with van der Waals surface area (Å²) in [5.74, 6) is 0.0944. The molecule has 0 aromatic carbocycles. The molecule has 1 radical (unpaired) electrons. The van der Waals surface area contributed by atoms with Gasteiger partial charge in [-0.25, -0.2) is 4.79 Å². The number of carbonyl (C=O) groups excluding carboxylic acids is 1. The molecule has 0 rings (SSSR count). The summed E-state index contributed by atoms with van der Waals surface area (Å²) in [5, 5.41) is 0. The van der Waals surface area contributed by atoms with E-state index in [1.807, 2.05) is 13.8 Å². The van der Waals surface area contributed by atoms with E-state index in [4.69, 9.17) is 4.74 Å². The molecule has 0 saturated heterocycles. The predicted molar refractivity (Wildman–Crippen MR) is 46.4 cm³/mol. The Labute approximate surface area is 90.3 Å². The molecule has 59 valence electrons. The maximum absolute atomic E-state index is 10.7. The summed E-state index contributed by atoms with van der Waals surface area (Å²) in [6.45, 7) is 9.56. The van der Waals surface area contributed by atoms with E-state index in [2.05, 4.69) is 6.58 Å². The normalized spacial score (nSPS) is 8.73. The fourth-order valence-electron chi connectivity index (χ4n) is 0.366. The SMILES string of the molecule is C=C(C)C(=O)OCC(C)C.[Na]. The Kier molecular flexibility index (Phi) is 8.63. The molecule has 0 amide bonds. The van der Waals surface area contributed by atoms with Crippen LogP contribution in [0.1, 0.15) is 20.8 Å². The topological polar surface area (TPSA) is 26.3 Å². The van der Waals surface area contributed by atoms with Crippen molar-refractivity contribution in [1.82, 2.24) is 0 Å². The minimum Gasteiger partial charge on any atom is -0.462 e. The van der Waals surface area contributed by atoms with Crippen LogP contribution in [-0.4, -0.2) is 42.1 Å². The van der Waals surface area contributed by atoms with Gasteiger partial charge in [0.25, 0.3) is 0 Å². The Morgan fingerprint density at radius 1 is 1.55 bits per heavy atom. The number of ether oxygens (including phenoxy) is 1. The third-order valence-electron chi connectivity index (χ3n) is 0.896. The first-order valence-electron chi connectivity index (χ1n) is 3.36. The Morgan fingerprint density at radius 3 is 2.27 bits per heavy atom. The molecule has 0 atom stereocenters. The smallest absolute Gasteiger partial charge is 0.333 e. The van der Waals surface area contributed by atoms with Crippen LogP contribution in [0, 0.1) is 5.92 Å². The Hall–Kier alpha value is 0.210. The standard InChI is InChI=1S/C8H14O2.Na/c1-6(2)5-10-8(9)7(3)4;/h6H,3,5H2,1-2,4H3;. The minimum absolute atomic E-state index is 0. The molecule has 0 unspecified atom stereocenters. The van der Waals surface area contributed by atoms with Crippen LogP contribution in [0.4, 0.5) is 0 Å². The second-order valence-electron chi connectivity index (χ2n) is 2.77. The van der Waals surface area contributed by atoms with Crippen LogP contribution < -0.4 is 0 Å². The van der Waals surface area contributed by atoms with E-state index < -0.39 is 0 Å². The van der Waals surface area contributed by atoms with Gasteiger partial charge in [0.1, 0.15) is 0 Å². The van der Waals surface area contributed by atoms with E-state index >= 15 is 0 Å². The van der Waals surface area contributed by atoms with Gasteiger partial charge < -0.3 is 4.74 Å². The quantitative estimate of drug-likeness (QED) is 0.359. The molecule has 0 heterocycles. The van der Waals surface area contributed by atoms with Crippen LogP contribution in [0.5, 0.6) is 0 Å². The van der Waals surface area contributed by atoms with Crippen molar-refractivity contribution < 1.29 is 9.53 Å². The summed E-state index contributed by atoms with van der Waals surface area (Å²) in [7, 11) is 0. The molecule has 0 aromatic heterocycles. The third kappa shape index (κ3) is 8.11. The molecule has 0 spiro atoms. The van der Waals surface area contributed by atoms with E-state index in [1.165, 1.54) is 0 Å². The average molecular weight is 165 g/mol. The van der Waals surface area contributed by atoms with Crippen LogP contribution in [-0.2, 0) is 9.53 Å². The summed E-state index contributed by atoms with van der Waals surface area (Å²) in [5.41, 5.74) is 0.459. The molecule has 0 saturated carbocycles. The summed E-state index contributed by atoms with van der Waals surface area (Å²) < 4.78 is 4.83. The number of esters is 1.